The standard InChI is InChI=1S/C12H18FN/c1-3-14-8-4-5-11-9-12(13)7-6-10(11)2/h6-7,9,14H,3-5,8H2,1-2H3. The maximum Gasteiger partial charge on any atom is 0.123 e. The van der Waals surface area contributed by atoms with Crippen molar-refractivity contribution in [1.29, 1.82) is 0 Å². The summed E-state index contributed by atoms with van der Waals surface area (Å²) >= 11 is 0. The van der Waals surface area contributed by atoms with Gasteiger partial charge in [-0.25, -0.2) is 4.39 Å². The highest BCUT2D eigenvalue weighted by Crippen LogP contribution is 2.11. The number of hydrogen-bond donors (Lipinski definition) is 1. The summed E-state index contributed by atoms with van der Waals surface area (Å²) in [6.07, 6.45) is 2.02. The lowest BCUT2D eigenvalue weighted by molar-refractivity contribution is 0.621. The zero-order valence-corrected chi connectivity index (χ0v) is 8.94. The van der Waals surface area contributed by atoms with Crippen molar-refractivity contribution in [3.05, 3.63) is 35.1 Å². The molecule has 0 saturated carbocycles. The van der Waals surface area contributed by atoms with Crippen LogP contribution in [0.15, 0.2) is 18.2 Å². The molecule has 0 radical (unpaired) electrons. The fourth-order valence-corrected chi connectivity index (χ4v) is 1.49. The van der Waals surface area contributed by atoms with Gasteiger partial charge < -0.3 is 5.32 Å². The molecule has 0 aliphatic rings. The number of aryl methyl sites for hydroxylation is 2. The van der Waals surface area contributed by atoms with Crippen molar-refractivity contribution in [2.45, 2.75) is 26.7 Å². The molecular weight excluding hydrogens is 177 g/mol. The van der Waals surface area contributed by atoms with Gasteiger partial charge in [-0.05, 0) is 56.1 Å². The first-order valence-electron chi connectivity index (χ1n) is 5.19. The molecule has 1 aromatic carbocycles. The molecule has 1 aromatic rings. The van der Waals surface area contributed by atoms with Crippen LogP contribution >= 0.6 is 0 Å². The second kappa shape index (κ2) is 5.76. The molecule has 0 amide bonds. The molecule has 0 atom stereocenters. The Hall–Kier alpha value is -0.890. The smallest absolute Gasteiger partial charge is 0.123 e. The SMILES string of the molecule is CCNCCCc1cc(F)ccc1C. The number of halogens is 1. The Morgan fingerprint density at radius 2 is 2.14 bits per heavy atom. The van der Waals surface area contributed by atoms with Gasteiger partial charge in [0.05, 0.1) is 0 Å². The van der Waals surface area contributed by atoms with Gasteiger partial charge >= 0.3 is 0 Å². The quantitative estimate of drug-likeness (QED) is 0.712. The lowest BCUT2D eigenvalue weighted by atomic mass is 10.0. The van der Waals surface area contributed by atoms with E-state index < -0.39 is 0 Å². The minimum absolute atomic E-state index is 0.131. The molecule has 0 spiro atoms. The third-order valence-corrected chi connectivity index (χ3v) is 2.36. The van der Waals surface area contributed by atoms with Crippen molar-refractivity contribution in [2.24, 2.45) is 0 Å². The summed E-state index contributed by atoms with van der Waals surface area (Å²) in [6, 6.07) is 5.00. The van der Waals surface area contributed by atoms with E-state index in [9.17, 15) is 4.39 Å². The van der Waals surface area contributed by atoms with Gasteiger partial charge in [0.2, 0.25) is 0 Å². The number of hydrogen-bond acceptors (Lipinski definition) is 1. The molecular formula is C12H18FN. The van der Waals surface area contributed by atoms with Crippen LogP contribution in [-0.4, -0.2) is 13.1 Å². The molecule has 0 saturated heterocycles. The molecule has 0 bridgehead atoms. The molecule has 14 heavy (non-hydrogen) atoms. The van der Waals surface area contributed by atoms with Crippen molar-refractivity contribution in [3.63, 3.8) is 0 Å². The van der Waals surface area contributed by atoms with E-state index in [4.69, 9.17) is 0 Å². The Kier molecular flexibility index (Phi) is 4.60. The van der Waals surface area contributed by atoms with Gasteiger partial charge in [0, 0.05) is 0 Å². The normalized spacial score (nSPS) is 10.5. The first-order chi connectivity index (χ1) is 6.74. The maximum atomic E-state index is 12.9. The van der Waals surface area contributed by atoms with Gasteiger partial charge in [0.1, 0.15) is 5.82 Å². The minimum atomic E-state index is -0.131. The molecule has 78 valence electrons. The Morgan fingerprint density at radius 1 is 1.36 bits per heavy atom. The van der Waals surface area contributed by atoms with Crippen molar-refractivity contribution in [2.75, 3.05) is 13.1 Å². The van der Waals surface area contributed by atoms with Crippen LogP contribution in [0, 0.1) is 12.7 Å². The van der Waals surface area contributed by atoms with Crippen LogP contribution in [0.1, 0.15) is 24.5 Å². The fourth-order valence-electron chi connectivity index (χ4n) is 1.49. The Labute approximate surface area is 85.3 Å². The average Bonchev–Trinajstić information content (AvgIpc) is 2.18. The maximum absolute atomic E-state index is 12.9. The third kappa shape index (κ3) is 3.46. The predicted molar refractivity (Wildman–Crippen MR) is 58.0 cm³/mol. The fraction of sp³-hybridized carbons (Fsp3) is 0.500. The second-order valence-corrected chi connectivity index (χ2v) is 3.53. The van der Waals surface area contributed by atoms with Crippen molar-refractivity contribution >= 4 is 0 Å². The highest BCUT2D eigenvalue weighted by molar-refractivity contribution is 5.26. The van der Waals surface area contributed by atoms with E-state index in [2.05, 4.69) is 12.2 Å². The summed E-state index contributed by atoms with van der Waals surface area (Å²) in [6.45, 7) is 6.13. The Balaban J connectivity index is 2.45. The highest BCUT2D eigenvalue weighted by Gasteiger charge is 1.99. The van der Waals surface area contributed by atoms with E-state index in [1.807, 2.05) is 13.0 Å². The molecule has 0 fully saturated rings. The Bertz CT molecular complexity index is 284. The first kappa shape index (κ1) is 11.2. The highest BCUT2D eigenvalue weighted by atomic mass is 19.1. The van der Waals surface area contributed by atoms with Gasteiger partial charge in [0.25, 0.3) is 0 Å². The lowest BCUT2D eigenvalue weighted by Crippen LogP contribution is -2.14. The van der Waals surface area contributed by atoms with Crippen LogP contribution in [0.5, 0.6) is 0 Å². The van der Waals surface area contributed by atoms with Crippen molar-refractivity contribution in [3.8, 4) is 0 Å². The number of nitrogens with one attached hydrogen (secondary N) is 1. The van der Waals surface area contributed by atoms with Gasteiger partial charge in [-0.15, -0.1) is 0 Å². The summed E-state index contributed by atoms with van der Waals surface area (Å²) in [7, 11) is 0. The topological polar surface area (TPSA) is 12.0 Å². The van der Waals surface area contributed by atoms with Gasteiger partial charge in [0.15, 0.2) is 0 Å². The summed E-state index contributed by atoms with van der Waals surface area (Å²) in [5.41, 5.74) is 2.31. The molecule has 1 rings (SSSR count). The van der Waals surface area contributed by atoms with E-state index in [1.54, 1.807) is 6.07 Å². The van der Waals surface area contributed by atoms with Crippen molar-refractivity contribution in [1.82, 2.24) is 5.32 Å². The largest absolute Gasteiger partial charge is 0.317 e. The zero-order valence-electron chi connectivity index (χ0n) is 8.94. The summed E-state index contributed by atoms with van der Waals surface area (Å²) < 4.78 is 12.9. The van der Waals surface area contributed by atoms with E-state index in [0.717, 1.165) is 31.5 Å². The van der Waals surface area contributed by atoms with E-state index >= 15 is 0 Å². The number of benzene rings is 1. The van der Waals surface area contributed by atoms with Crippen LogP contribution < -0.4 is 5.32 Å². The third-order valence-electron chi connectivity index (χ3n) is 2.36. The van der Waals surface area contributed by atoms with Crippen LogP contribution in [0.2, 0.25) is 0 Å². The van der Waals surface area contributed by atoms with E-state index in [0.29, 0.717) is 0 Å². The zero-order chi connectivity index (χ0) is 10.4. The first-order valence-corrected chi connectivity index (χ1v) is 5.19. The number of rotatable bonds is 5. The molecule has 0 aromatic heterocycles. The molecule has 1 N–H and O–H groups in total. The molecule has 0 heterocycles. The van der Waals surface area contributed by atoms with Crippen LogP contribution in [-0.2, 0) is 6.42 Å². The molecule has 0 aliphatic carbocycles. The average molecular weight is 195 g/mol. The second-order valence-electron chi connectivity index (χ2n) is 3.53. The summed E-state index contributed by atoms with van der Waals surface area (Å²) in [5, 5.41) is 3.26. The summed E-state index contributed by atoms with van der Waals surface area (Å²) in [4.78, 5) is 0. The van der Waals surface area contributed by atoms with Crippen LogP contribution in [0.25, 0.3) is 0 Å². The van der Waals surface area contributed by atoms with E-state index in [-0.39, 0.29) is 5.82 Å². The van der Waals surface area contributed by atoms with Gasteiger partial charge in [-0.3, -0.25) is 0 Å². The molecule has 2 heteroatoms. The minimum Gasteiger partial charge on any atom is -0.317 e. The lowest BCUT2D eigenvalue weighted by Gasteiger charge is -2.06. The van der Waals surface area contributed by atoms with Crippen LogP contribution in [0.4, 0.5) is 4.39 Å². The van der Waals surface area contributed by atoms with Gasteiger partial charge in [-0.1, -0.05) is 13.0 Å². The Morgan fingerprint density at radius 3 is 2.86 bits per heavy atom. The summed E-state index contributed by atoms with van der Waals surface area (Å²) in [5.74, 6) is -0.131. The molecule has 0 aliphatic heterocycles. The van der Waals surface area contributed by atoms with Crippen molar-refractivity contribution < 1.29 is 4.39 Å². The molecule has 0 unspecified atom stereocenters. The molecule has 1 nitrogen and oxygen atoms in total. The van der Waals surface area contributed by atoms with Crippen LogP contribution in [0.3, 0.4) is 0 Å². The van der Waals surface area contributed by atoms with E-state index in [1.165, 1.54) is 11.6 Å². The monoisotopic (exact) mass is 195 g/mol. The predicted octanol–water partition coefficient (Wildman–Crippen LogP) is 2.68. The van der Waals surface area contributed by atoms with Gasteiger partial charge in [-0.2, -0.15) is 0 Å².